The maximum absolute atomic E-state index is 11.7. The number of halogens is 1. The van der Waals surface area contributed by atoms with Crippen LogP contribution < -0.4 is 10.6 Å². The number of amides is 1. The summed E-state index contributed by atoms with van der Waals surface area (Å²) in [6.45, 7) is 3.22. The number of anilines is 1. The SMILES string of the molecule is CCC(C)(NCC(=O)Nc1ccc(Cl)cc1)C(=O)O. The van der Waals surface area contributed by atoms with Crippen molar-refractivity contribution < 1.29 is 14.7 Å². The van der Waals surface area contributed by atoms with E-state index in [1.807, 2.05) is 0 Å². The van der Waals surface area contributed by atoms with Gasteiger partial charge in [-0.3, -0.25) is 14.9 Å². The molecule has 1 aromatic carbocycles. The largest absolute Gasteiger partial charge is 0.480 e. The molecule has 5 nitrogen and oxygen atoms in total. The Morgan fingerprint density at radius 1 is 1.32 bits per heavy atom. The lowest BCUT2D eigenvalue weighted by Crippen LogP contribution is -2.51. The molecule has 0 saturated carbocycles. The standard InChI is InChI=1S/C13H17ClN2O3/c1-3-13(2,12(18)19)15-8-11(17)16-10-6-4-9(14)5-7-10/h4-7,15H,3,8H2,1-2H3,(H,16,17)(H,18,19). The fraction of sp³-hybridized carbons (Fsp3) is 0.385. The zero-order valence-corrected chi connectivity index (χ0v) is 11.6. The highest BCUT2D eigenvalue weighted by atomic mass is 35.5. The molecule has 104 valence electrons. The number of rotatable bonds is 6. The maximum Gasteiger partial charge on any atom is 0.323 e. The number of nitrogens with one attached hydrogen (secondary N) is 2. The van der Waals surface area contributed by atoms with E-state index in [0.29, 0.717) is 17.1 Å². The molecule has 6 heteroatoms. The Balaban J connectivity index is 2.52. The first-order valence-electron chi connectivity index (χ1n) is 5.91. The van der Waals surface area contributed by atoms with Crippen LogP contribution >= 0.6 is 11.6 Å². The lowest BCUT2D eigenvalue weighted by Gasteiger charge is -2.24. The number of hydrogen-bond acceptors (Lipinski definition) is 3. The highest BCUT2D eigenvalue weighted by Gasteiger charge is 2.30. The molecule has 0 aliphatic carbocycles. The normalized spacial score (nSPS) is 13.6. The average molecular weight is 285 g/mol. The summed E-state index contributed by atoms with van der Waals surface area (Å²) in [4.78, 5) is 22.7. The Hall–Kier alpha value is -1.59. The number of carbonyl (C=O) groups excluding carboxylic acids is 1. The van der Waals surface area contributed by atoms with E-state index in [2.05, 4.69) is 10.6 Å². The second-order valence-electron chi connectivity index (χ2n) is 4.40. The summed E-state index contributed by atoms with van der Waals surface area (Å²) in [5.41, 5.74) is -0.484. The van der Waals surface area contributed by atoms with E-state index in [-0.39, 0.29) is 12.5 Å². The predicted molar refractivity (Wildman–Crippen MR) is 74.4 cm³/mol. The molecule has 1 aromatic rings. The van der Waals surface area contributed by atoms with Gasteiger partial charge in [0.25, 0.3) is 0 Å². The lowest BCUT2D eigenvalue weighted by molar-refractivity contribution is -0.144. The molecule has 1 atom stereocenters. The van der Waals surface area contributed by atoms with E-state index < -0.39 is 11.5 Å². The molecule has 0 radical (unpaired) electrons. The maximum atomic E-state index is 11.7. The van der Waals surface area contributed by atoms with E-state index in [0.717, 1.165) is 0 Å². The number of carboxylic acids is 1. The molecule has 1 rings (SSSR count). The number of carboxylic acid groups (broad SMARTS) is 1. The second kappa shape index (κ2) is 6.54. The monoisotopic (exact) mass is 284 g/mol. The second-order valence-corrected chi connectivity index (χ2v) is 4.84. The van der Waals surface area contributed by atoms with Crippen molar-refractivity contribution in [2.75, 3.05) is 11.9 Å². The van der Waals surface area contributed by atoms with Crippen molar-refractivity contribution in [3.05, 3.63) is 29.3 Å². The van der Waals surface area contributed by atoms with Gasteiger partial charge in [0.1, 0.15) is 5.54 Å². The molecule has 0 aliphatic heterocycles. The zero-order chi connectivity index (χ0) is 14.5. The van der Waals surface area contributed by atoms with Gasteiger partial charge in [-0.25, -0.2) is 0 Å². The van der Waals surface area contributed by atoms with Crippen LogP contribution in [0.25, 0.3) is 0 Å². The van der Waals surface area contributed by atoms with Gasteiger partial charge in [0.05, 0.1) is 6.54 Å². The van der Waals surface area contributed by atoms with Gasteiger partial charge in [0.15, 0.2) is 0 Å². The molecule has 0 saturated heterocycles. The van der Waals surface area contributed by atoms with Crippen LogP contribution in [0.5, 0.6) is 0 Å². The van der Waals surface area contributed by atoms with E-state index in [1.165, 1.54) is 0 Å². The minimum Gasteiger partial charge on any atom is -0.480 e. The summed E-state index contributed by atoms with van der Waals surface area (Å²) >= 11 is 5.73. The quantitative estimate of drug-likeness (QED) is 0.748. The Kier molecular flexibility index (Phi) is 5.32. The van der Waals surface area contributed by atoms with Crippen molar-refractivity contribution in [1.82, 2.24) is 5.32 Å². The molecule has 1 amide bonds. The molecule has 0 heterocycles. The van der Waals surface area contributed by atoms with Crippen molar-refractivity contribution >= 4 is 29.2 Å². The highest BCUT2D eigenvalue weighted by molar-refractivity contribution is 6.30. The van der Waals surface area contributed by atoms with Crippen LogP contribution in [0.1, 0.15) is 20.3 Å². The van der Waals surface area contributed by atoms with E-state index >= 15 is 0 Å². The highest BCUT2D eigenvalue weighted by Crippen LogP contribution is 2.13. The number of benzene rings is 1. The Morgan fingerprint density at radius 3 is 2.37 bits per heavy atom. The predicted octanol–water partition coefficient (Wildman–Crippen LogP) is 2.12. The average Bonchev–Trinajstić information content (AvgIpc) is 2.38. The van der Waals surface area contributed by atoms with Crippen LogP contribution in [0.15, 0.2) is 24.3 Å². The molecule has 0 spiro atoms. The van der Waals surface area contributed by atoms with Crippen LogP contribution in [0.2, 0.25) is 5.02 Å². The van der Waals surface area contributed by atoms with E-state index in [1.54, 1.807) is 38.1 Å². The van der Waals surface area contributed by atoms with Gasteiger partial charge in [0.2, 0.25) is 5.91 Å². The topological polar surface area (TPSA) is 78.4 Å². The van der Waals surface area contributed by atoms with Crippen molar-refractivity contribution in [1.29, 1.82) is 0 Å². The zero-order valence-electron chi connectivity index (χ0n) is 10.9. The fourth-order valence-corrected chi connectivity index (χ4v) is 1.49. The third-order valence-corrected chi connectivity index (χ3v) is 3.20. The van der Waals surface area contributed by atoms with Crippen molar-refractivity contribution in [3.8, 4) is 0 Å². The molecule has 0 fully saturated rings. The number of carbonyl (C=O) groups is 2. The van der Waals surface area contributed by atoms with Crippen molar-refractivity contribution in [2.45, 2.75) is 25.8 Å². The molecule has 3 N–H and O–H groups in total. The van der Waals surface area contributed by atoms with Gasteiger partial charge >= 0.3 is 5.97 Å². The Morgan fingerprint density at radius 2 is 1.89 bits per heavy atom. The minimum absolute atomic E-state index is 0.0702. The summed E-state index contributed by atoms with van der Waals surface area (Å²) in [7, 11) is 0. The molecule has 0 bridgehead atoms. The molecule has 1 unspecified atom stereocenters. The summed E-state index contributed by atoms with van der Waals surface area (Å²) in [6, 6.07) is 6.68. The van der Waals surface area contributed by atoms with Gasteiger partial charge in [-0.2, -0.15) is 0 Å². The minimum atomic E-state index is -1.10. The molecular weight excluding hydrogens is 268 g/mol. The first-order valence-corrected chi connectivity index (χ1v) is 6.29. The van der Waals surface area contributed by atoms with Gasteiger partial charge in [0, 0.05) is 10.7 Å². The summed E-state index contributed by atoms with van der Waals surface area (Å²) in [5, 5.41) is 15.0. The molecule has 0 aromatic heterocycles. The lowest BCUT2D eigenvalue weighted by atomic mass is 9.99. The van der Waals surface area contributed by atoms with Crippen molar-refractivity contribution in [2.24, 2.45) is 0 Å². The van der Waals surface area contributed by atoms with Crippen LogP contribution in [-0.2, 0) is 9.59 Å². The van der Waals surface area contributed by atoms with E-state index in [4.69, 9.17) is 16.7 Å². The Labute approximate surface area is 117 Å². The molecule has 0 aliphatic rings. The third kappa shape index (κ3) is 4.54. The van der Waals surface area contributed by atoms with Crippen LogP contribution in [-0.4, -0.2) is 29.1 Å². The van der Waals surface area contributed by atoms with Gasteiger partial charge in [-0.15, -0.1) is 0 Å². The number of aliphatic carboxylic acids is 1. The Bertz CT molecular complexity index is 461. The fourth-order valence-electron chi connectivity index (χ4n) is 1.37. The third-order valence-electron chi connectivity index (χ3n) is 2.95. The molecule has 19 heavy (non-hydrogen) atoms. The summed E-state index contributed by atoms with van der Waals surface area (Å²) in [5.74, 6) is -1.28. The summed E-state index contributed by atoms with van der Waals surface area (Å²) < 4.78 is 0. The van der Waals surface area contributed by atoms with Crippen LogP contribution in [0.4, 0.5) is 5.69 Å². The van der Waals surface area contributed by atoms with Gasteiger partial charge < -0.3 is 10.4 Å². The van der Waals surface area contributed by atoms with E-state index in [9.17, 15) is 9.59 Å². The van der Waals surface area contributed by atoms with Crippen molar-refractivity contribution in [3.63, 3.8) is 0 Å². The first-order chi connectivity index (χ1) is 8.87. The smallest absolute Gasteiger partial charge is 0.323 e. The first kappa shape index (κ1) is 15.5. The van der Waals surface area contributed by atoms with Crippen LogP contribution in [0.3, 0.4) is 0 Å². The van der Waals surface area contributed by atoms with Gasteiger partial charge in [-0.05, 0) is 37.6 Å². The number of hydrogen-bond donors (Lipinski definition) is 3. The van der Waals surface area contributed by atoms with Crippen LogP contribution in [0, 0.1) is 0 Å². The van der Waals surface area contributed by atoms with Gasteiger partial charge in [-0.1, -0.05) is 18.5 Å². The molecular formula is C13H17ClN2O3. The summed E-state index contributed by atoms with van der Waals surface area (Å²) in [6.07, 6.45) is 0.385.